The van der Waals surface area contributed by atoms with Gasteiger partial charge in [0.15, 0.2) is 0 Å². The van der Waals surface area contributed by atoms with Crippen LogP contribution in [0.3, 0.4) is 0 Å². The summed E-state index contributed by atoms with van der Waals surface area (Å²) in [6.45, 7) is 7.59. The van der Waals surface area contributed by atoms with E-state index in [0.717, 1.165) is 5.56 Å². The molecule has 0 aliphatic rings. The number of benzene rings is 1. The third-order valence-corrected chi connectivity index (χ3v) is 4.41. The molecule has 2 aromatic rings. The van der Waals surface area contributed by atoms with E-state index < -0.39 is 15.4 Å². The maximum Gasteiger partial charge on any atom is 0.238 e. The molecule has 0 unspecified atom stereocenters. The number of nitrogens with one attached hydrogen (secondary N) is 1. The quantitative estimate of drug-likeness (QED) is 0.825. The summed E-state index contributed by atoms with van der Waals surface area (Å²) in [5.74, 6) is 0.516. The Morgan fingerprint density at radius 1 is 1.26 bits per heavy atom. The van der Waals surface area contributed by atoms with Crippen LogP contribution in [0.25, 0.3) is 0 Å². The molecule has 1 aromatic carbocycles. The highest BCUT2D eigenvalue weighted by atomic mass is 35.5. The molecule has 0 aliphatic carbocycles. The van der Waals surface area contributed by atoms with Gasteiger partial charge in [-0.05, 0) is 36.1 Å². The van der Waals surface area contributed by atoms with E-state index in [1.54, 1.807) is 18.3 Å². The normalized spacial score (nSPS) is 12.3. The number of anilines is 2. The number of rotatable bonds is 3. The molecule has 3 N–H and O–H groups in total. The summed E-state index contributed by atoms with van der Waals surface area (Å²) >= 11 is 5.84. The second kappa shape index (κ2) is 6.07. The molecule has 1 heterocycles. The molecule has 0 spiro atoms. The molecule has 1 aromatic heterocycles. The van der Waals surface area contributed by atoms with Crippen molar-refractivity contribution in [3.8, 4) is 0 Å². The van der Waals surface area contributed by atoms with Gasteiger partial charge in [0, 0.05) is 23.0 Å². The number of aromatic nitrogens is 2. The van der Waals surface area contributed by atoms with Crippen molar-refractivity contribution in [2.75, 3.05) is 5.32 Å². The Morgan fingerprint density at radius 3 is 2.48 bits per heavy atom. The molecule has 0 fully saturated rings. The van der Waals surface area contributed by atoms with Gasteiger partial charge in [0.2, 0.25) is 15.3 Å². The van der Waals surface area contributed by atoms with E-state index in [-0.39, 0.29) is 10.2 Å². The molecule has 6 nitrogen and oxygen atoms in total. The van der Waals surface area contributed by atoms with Crippen LogP contribution in [0, 0.1) is 6.92 Å². The number of aryl methyl sites for hydroxylation is 1. The molecule has 0 saturated heterocycles. The summed E-state index contributed by atoms with van der Waals surface area (Å²) in [5, 5.41) is 8.62. The molecule has 0 atom stereocenters. The zero-order valence-electron chi connectivity index (χ0n) is 13.4. The number of primary sulfonamides is 1. The van der Waals surface area contributed by atoms with Crippen LogP contribution in [0.4, 0.5) is 11.5 Å². The maximum absolute atomic E-state index is 11.9. The molecule has 8 heteroatoms. The average molecular weight is 355 g/mol. The van der Waals surface area contributed by atoms with E-state index in [0.29, 0.717) is 17.1 Å². The third-order valence-electron chi connectivity index (χ3n) is 3.28. The summed E-state index contributed by atoms with van der Waals surface area (Å²) in [6, 6.07) is 4.92. The Labute approximate surface area is 141 Å². The van der Waals surface area contributed by atoms with Crippen molar-refractivity contribution in [1.82, 2.24) is 9.97 Å². The Morgan fingerprint density at radius 2 is 1.91 bits per heavy atom. The first-order valence-electron chi connectivity index (χ1n) is 6.92. The van der Waals surface area contributed by atoms with Gasteiger partial charge in [0.25, 0.3) is 0 Å². The lowest BCUT2D eigenvalue weighted by molar-refractivity contribution is 0.563. The molecule has 23 heavy (non-hydrogen) atoms. The first-order chi connectivity index (χ1) is 10.5. The lowest BCUT2D eigenvalue weighted by atomic mass is 9.85. The maximum atomic E-state index is 11.9. The lowest BCUT2D eigenvalue weighted by Crippen LogP contribution is -2.22. The molecule has 2 rings (SSSR count). The Balaban J connectivity index is 2.66. The van der Waals surface area contributed by atoms with Crippen molar-refractivity contribution >= 4 is 33.1 Å². The first kappa shape index (κ1) is 17.7. The fourth-order valence-corrected chi connectivity index (χ4v) is 3.42. The van der Waals surface area contributed by atoms with Crippen molar-refractivity contribution in [3.05, 3.63) is 40.8 Å². The van der Waals surface area contributed by atoms with Crippen LogP contribution >= 0.6 is 11.6 Å². The van der Waals surface area contributed by atoms with Crippen LogP contribution < -0.4 is 10.5 Å². The monoisotopic (exact) mass is 354 g/mol. The standard InChI is InChI=1S/C15H19ClN4O2S/c1-9-8-18-14(16)20-13(9)19-10-6-5-7-11(23(17,21)22)12(10)15(2,3)4/h5-8H,1-4H3,(H2,17,21,22)(H,18,19,20). The van der Waals surface area contributed by atoms with E-state index in [1.807, 2.05) is 27.7 Å². The highest BCUT2D eigenvalue weighted by Gasteiger charge is 2.27. The van der Waals surface area contributed by atoms with Crippen molar-refractivity contribution < 1.29 is 8.42 Å². The van der Waals surface area contributed by atoms with Gasteiger partial charge in [-0.25, -0.2) is 23.5 Å². The van der Waals surface area contributed by atoms with Crippen molar-refractivity contribution in [2.24, 2.45) is 5.14 Å². The SMILES string of the molecule is Cc1cnc(Cl)nc1Nc1cccc(S(N)(=O)=O)c1C(C)(C)C. The summed E-state index contributed by atoms with van der Waals surface area (Å²) in [6.07, 6.45) is 1.60. The number of hydrogen-bond donors (Lipinski definition) is 2. The van der Waals surface area contributed by atoms with E-state index >= 15 is 0 Å². The van der Waals surface area contributed by atoms with Crippen LogP contribution in [0.2, 0.25) is 5.28 Å². The zero-order chi connectivity index (χ0) is 17.4. The van der Waals surface area contributed by atoms with Gasteiger partial charge in [-0.2, -0.15) is 0 Å². The third kappa shape index (κ3) is 3.99. The van der Waals surface area contributed by atoms with E-state index in [2.05, 4.69) is 15.3 Å². The smallest absolute Gasteiger partial charge is 0.238 e. The minimum absolute atomic E-state index is 0.0906. The van der Waals surface area contributed by atoms with Crippen molar-refractivity contribution in [2.45, 2.75) is 38.0 Å². The minimum Gasteiger partial charge on any atom is -0.340 e. The summed E-state index contributed by atoms with van der Waals surface area (Å²) in [7, 11) is -3.85. The Bertz CT molecular complexity index is 845. The molecular weight excluding hydrogens is 336 g/mol. The molecule has 124 valence electrons. The van der Waals surface area contributed by atoms with Gasteiger partial charge < -0.3 is 5.32 Å². The number of halogens is 1. The zero-order valence-corrected chi connectivity index (χ0v) is 15.0. The molecular formula is C15H19ClN4O2S. The molecule has 0 radical (unpaired) electrons. The van der Waals surface area contributed by atoms with E-state index in [9.17, 15) is 8.42 Å². The Hall–Kier alpha value is -1.70. The van der Waals surface area contributed by atoms with Gasteiger partial charge in [0.1, 0.15) is 5.82 Å². The van der Waals surface area contributed by atoms with Gasteiger partial charge in [-0.3, -0.25) is 0 Å². The summed E-state index contributed by atoms with van der Waals surface area (Å²) < 4.78 is 23.9. The summed E-state index contributed by atoms with van der Waals surface area (Å²) in [5.41, 5.74) is 1.55. The van der Waals surface area contributed by atoms with Crippen LogP contribution in [-0.2, 0) is 15.4 Å². The lowest BCUT2D eigenvalue weighted by Gasteiger charge is -2.26. The predicted molar refractivity (Wildman–Crippen MR) is 91.6 cm³/mol. The summed E-state index contributed by atoms with van der Waals surface area (Å²) in [4.78, 5) is 8.14. The molecule has 0 amide bonds. The first-order valence-corrected chi connectivity index (χ1v) is 8.85. The fraction of sp³-hybridized carbons (Fsp3) is 0.333. The number of sulfonamides is 1. The fourth-order valence-electron chi connectivity index (χ4n) is 2.32. The molecule has 0 bridgehead atoms. The Kier molecular flexibility index (Phi) is 4.66. The highest BCUT2D eigenvalue weighted by Crippen LogP contribution is 2.36. The predicted octanol–water partition coefficient (Wildman–Crippen LogP) is 3.13. The average Bonchev–Trinajstić information content (AvgIpc) is 2.40. The second-order valence-corrected chi connectivity index (χ2v) is 8.14. The number of nitrogens with zero attached hydrogens (tertiary/aromatic N) is 2. The van der Waals surface area contributed by atoms with Gasteiger partial charge in [-0.1, -0.05) is 26.8 Å². The van der Waals surface area contributed by atoms with Crippen LogP contribution in [-0.4, -0.2) is 18.4 Å². The molecule has 0 saturated carbocycles. The van der Waals surface area contributed by atoms with Crippen LogP contribution in [0.1, 0.15) is 31.9 Å². The second-order valence-electron chi connectivity index (χ2n) is 6.27. The van der Waals surface area contributed by atoms with Crippen molar-refractivity contribution in [3.63, 3.8) is 0 Å². The molecule has 0 aliphatic heterocycles. The van der Waals surface area contributed by atoms with Gasteiger partial charge >= 0.3 is 0 Å². The van der Waals surface area contributed by atoms with E-state index in [4.69, 9.17) is 16.7 Å². The highest BCUT2D eigenvalue weighted by molar-refractivity contribution is 7.89. The van der Waals surface area contributed by atoms with Gasteiger partial charge in [-0.15, -0.1) is 0 Å². The largest absolute Gasteiger partial charge is 0.340 e. The van der Waals surface area contributed by atoms with Crippen molar-refractivity contribution in [1.29, 1.82) is 0 Å². The van der Waals surface area contributed by atoms with Crippen LogP contribution in [0.15, 0.2) is 29.3 Å². The topological polar surface area (TPSA) is 98.0 Å². The number of hydrogen-bond acceptors (Lipinski definition) is 5. The van der Waals surface area contributed by atoms with Crippen LogP contribution in [0.5, 0.6) is 0 Å². The minimum atomic E-state index is -3.85. The number of nitrogens with two attached hydrogens (primary N) is 1. The van der Waals surface area contributed by atoms with Gasteiger partial charge in [0.05, 0.1) is 4.90 Å². The van der Waals surface area contributed by atoms with E-state index in [1.165, 1.54) is 6.07 Å².